The van der Waals surface area contributed by atoms with E-state index in [1.54, 1.807) is 42.5 Å². The zero-order valence-electron chi connectivity index (χ0n) is 14.9. The van der Waals surface area contributed by atoms with Crippen molar-refractivity contribution in [2.75, 3.05) is 7.11 Å². The topological polar surface area (TPSA) is 116 Å². The minimum Gasteiger partial charge on any atom is -0.495 e. The third kappa shape index (κ3) is 3.22. The molecule has 1 amide bonds. The minimum atomic E-state index is -0.813. The van der Waals surface area contributed by atoms with Gasteiger partial charge >= 0.3 is 5.69 Å². The standard InChI is InChI=1S/C19H13Cl2N5O3/c1-29-13-5-3-2-4-12(13)26-18-15(24-19(26)28)14(16(22)27)23-17(25-18)9-6-7-10(20)11(21)8-9/h2-8H,1H3,(H2,22,27)(H,24,28). The maximum Gasteiger partial charge on any atom is 0.332 e. The summed E-state index contributed by atoms with van der Waals surface area (Å²) in [7, 11) is 1.49. The van der Waals surface area contributed by atoms with E-state index in [1.807, 2.05) is 0 Å². The first kappa shape index (κ1) is 19.0. The number of fused-ring (bicyclic) bond motifs is 1. The van der Waals surface area contributed by atoms with Crippen LogP contribution in [0.3, 0.4) is 0 Å². The Labute approximate surface area is 173 Å². The lowest BCUT2D eigenvalue weighted by atomic mass is 10.2. The lowest BCUT2D eigenvalue weighted by molar-refractivity contribution is 0.0997. The Morgan fingerprint density at radius 1 is 1.14 bits per heavy atom. The van der Waals surface area contributed by atoms with Crippen molar-refractivity contribution in [3.05, 3.63) is 68.7 Å². The van der Waals surface area contributed by atoms with Crippen LogP contribution in [0, 0.1) is 0 Å². The van der Waals surface area contributed by atoms with Gasteiger partial charge in [0.15, 0.2) is 17.2 Å². The zero-order valence-corrected chi connectivity index (χ0v) is 16.5. The van der Waals surface area contributed by atoms with Gasteiger partial charge in [0, 0.05) is 5.56 Å². The highest BCUT2D eigenvalue weighted by atomic mass is 35.5. The number of rotatable bonds is 4. The van der Waals surface area contributed by atoms with Gasteiger partial charge in [-0.05, 0) is 30.3 Å². The van der Waals surface area contributed by atoms with Gasteiger partial charge < -0.3 is 15.5 Å². The van der Waals surface area contributed by atoms with Gasteiger partial charge in [-0.3, -0.25) is 4.79 Å². The summed E-state index contributed by atoms with van der Waals surface area (Å²) in [5, 5.41) is 0.656. The van der Waals surface area contributed by atoms with Crippen molar-refractivity contribution in [2.24, 2.45) is 5.73 Å². The molecule has 3 N–H and O–H groups in total. The van der Waals surface area contributed by atoms with E-state index in [0.29, 0.717) is 27.0 Å². The number of hydrogen-bond acceptors (Lipinski definition) is 5. The average molecular weight is 430 g/mol. The molecule has 4 rings (SSSR count). The summed E-state index contributed by atoms with van der Waals surface area (Å²) in [5.41, 5.74) is 6.10. The number of H-pyrrole nitrogens is 1. The summed E-state index contributed by atoms with van der Waals surface area (Å²) in [6.45, 7) is 0. The highest BCUT2D eigenvalue weighted by molar-refractivity contribution is 6.42. The Kier molecular flexibility index (Phi) is 4.73. The van der Waals surface area contributed by atoms with Crippen LogP contribution in [-0.4, -0.2) is 32.5 Å². The molecule has 0 aliphatic rings. The molecule has 2 aromatic heterocycles. The lowest BCUT2D eigenvalue weighted by Gasteiger charge is -2.10. The van der Waals surface area contributed by atoms with E-state index in [9.17, 15) is 9.59 Å². The summed E-state index contributed by atoms with van der Waals surface area (Å²) >= 11 is 12.1. The first-order chi connectivity index (χ1) is 13.9. The van der Waals surface area contributed by atoms with Crippen molar-refractivity contribution >= 4 is 40.3 Å². The van der Waals surface area contributed by atoms with Crippen molar-refractivity contribution < 1.29 is 9.53 Å². The second-order valence-electron chi connectivity index (χ2n) is 6.02. The van der Waals surface area contributed by atoms with E-state index >= 15 is 0 Å². The Balaban J connectivity index is 2.08. The van der Waals surface area contributed by atoms with Gasteiger partial charge in [-0.1, -0.05) is 35.3 Å². The summed E-state index contributed by atoms with van der Waals surface area (Å²) < 4.78 is 6.65. The highest BCUT2D eigenvalue weighted by Gasteiger charge is 2.21. The average Bonchev–Trinajstić information content (AvgIpc) is 3.04. The van der Waals surface area contributed by atoms with Crippen LogP contribution in [0.5, 0.6) is 5.75 Å². The Hall–Kier alpha value is -3.36. The van der Waals surface area contributed by atoms with E-state index in [0.717, 1.165) is 0 Å². The van der Waals surface area contributed by atoms with Gasteiger partial charge in [-0.15, -0.1) is 0 Å². The molecule has 4 aromatic rings. The smallest absolute Gasteiger partial charge is 0.332 e. The zero-order chi connectivity index (χ0) is 20.7. The SMILES string of the molecule is COc1ccccc1-n1c(=O)[nH]c2c(C(N)=O)nc(-c3ccc(Cl)c(Cl)c3)nc21. The molecule has 0 bridgehead atoms. The highest BCUT2D eigenvalue weighted by Crippen LogP contribution is 2.29. The summed E-state index contributed by atoms with van der Waals surface area (Å²) in [6.07, 6.45) is 0. The Morgan fingerprint density at radius 3 is 2.59 bits per heavy atom. The van der Waals surface area contributed by atoms with Gasteiger partial charge in [-0.2, -0.15) is 0 Å². The first-order valence-electron chi connectivity index (χ1n) is 8.32. The predicted octanol–water partition coefficient (Wildman–Crippen LogP) is 3.19. The normalized spacial score (nSPS) is 11.0. The molecule has 2 heterocycles. The van der Waals surface area contributed by atoms with E-state index < -0.39 is 11.6 Å². The number of ether oxygens (including phenoxy) is 1. The number of imidazole rings is 1. The molecule has 0 aliphatic carbocycles. The number of amides is 1. The maximum absolute atomic E-state index is 12.7. The number of aromatic amines is 1. The second-order valence-corrected chi connectivity index (χ2v) is 6.84. The fourth-order valence-corrected chi connectivity index (χ4v) is 3.26. The van der Waals surface area contributed by atoms with Crippen LogP contribution in [0.15, 0.2) is 47.3 Å². The number of carbonyl (C=O) groups is 1. The van der Waals surface area contributed by atoms with Gasteiger partial charge in [-0.25, -0.2) is 19.3 Å². The van der Waals surface area contributed by atoms with Crippen LogP contribution in [0.25, 0.3) is 28.2 Å². The van der Waals surface area contributed by atoms with E-state index in [2.05, 4.69) is 15.0 Å². The number of aromatic nitrogens is 4. The molecule has 0 unspecified atom stereocenters. The van der Waals surface area contributed by atoms with E-state index in [-0.39, 0.29) is 22.7 Å². The van der Waals surface area contributed by atoms with Gasteiger partial charge in [0.2, 0.25) is 0 Å². The number of carbonyl (C=O) groups excluding carboxylic acids is 1. The van der Waals surface area contributed by atoms with Gasteiger partial charge in [0.1, 0.15) is 11.3 Å². The molecule has 0 fully saturated rings. The summed E-state index contributed by atoms with van der Waals surface area (Å²) in [6, 6.07) is 11.7. The van der Waals surface area contributed by atoms with E-state index in [1.165, 1.54) is 11.7 Å². The molecule has 146 valence electrons. The Morgan fingerprint density at radius 2 is 1.90 bits per heavy atom. The molecule has 0 spiro atoms. The molecule has 0 radical (unpaired) electrons. The monoisotopic (exact) mass is 429 g/mol. The largest absolute Gasteiger partial charge is 0.495 e. The predicted molar refractivity (Wildman–Crippen MR) is 110 cm³/mol. The van der Waals surface area contributed by atoms with Gasteiger partial charge in [0.05, 0.1) is 22.8 Å². The van der Waals surface area contributed by atoms with Crippen LogP contribution in [0.2, 0.25) is 10.0 Å². The van der Waals surface area contributed by atoms with Crippen molar-refractivity contribution in [3.8, 4) is 22.8 Å². The van der Waals surface area contributed by atoms with Crippen LogP contribution < -0.4 is 16.2 Å². The van der Waals surface area contributed by atoms with Crippen LogP contribution in [-0.2, 0) is 0 Å². The molecule has 8 nitrogen and oxygen atoms in total. The molecule has 10 heteroatoms. The third-order valence-electron chi connectivity index (χ3n) is 4.27. The first-order valence-corrected chi connectivity index (χ1v) is 9.07. The third-order valence-corrected chi connectivity index (χ3v) is 5.01. The van der Waals surface area contributed by atoms with E-state index in [4.69, 9.17) is 33.7 Å². The number of hydrogen-bond donors (Lipinski definition) is 2. The quantitative estimate of drug-likeness (QED) is 0.516. The molecular formula is C19H13Cl2N5O3. The molecule has 29 heavy (non-hydrogen) atoms. The number of para-hydroxylation sites is 2. The number of primary amides is 1. The summed E-state index contributed by atoms with van der Waals surface area (Å²) in [4.78, 5) is 36.1. The second kappa shape index (κ2) is 7.23. The number of nitrogens with one attached hydrogen (secondary N) is 1. The fourth-order valence-electron chi connectivity index (χ4n) is 2.97. The molecule has 0 aliphatic heterocycles. The number of halogens is 2. The number of methoxy groups -OCH3 is 1. The number of benzene rings is 2. The minimum absolute atomic E-state index is 0.122. The van der Waals surface area contributed by atoms with Crippen molar-refractivity contribution in [1.82, 2.24) is 19.5 Å². The molecule has 0 atom stereocenters. The lowest BCUT2D eigenvalue weighted by Crippen LogP contribution is -2.16. The van der Waals surface area contributed by atoms with Gasteiger partial charge in [0.25, 0.3) is 5.91 Å². The molecule has 0 saturated carbocycles. The number of nitrogens with two attached hydrogens (primary N) is 1. The van der Waals surface area contributed by atoms with Crippen LogP contribution >= 0.6 is 23.2 Å². The van der Waals surface area contributed by atoms with Crippen LogP contribution in [0.1, 0.15) is 10.5 Å². The van der Waals surface area contributed by atoms with Crippen molar-refractivity contribution in [2.45, 2.75) is 0 Å². The number of nitrogens with zero attached hydrogens (tertiary/aromatic N) is 3. The summed E-state index contributed by atoms with van der Waals surface area (Å²) in [5.74, 6) is -0.203. The Bertz CT molecular complexity index is 1330. The van der Waals surface area contributed by atoms with Crippen molar-refractivity contribution in [1.29, 1.82) is 0 Å². The molecule has 2 aromatic carbocycles. The maximum atomic E-state index is 12.7. The van der Waals surface area contributed by atoms with Crippen molar-refractivity contribution in [3.63, 3.8) is 0 Å². The fraction of sp³-hybridized carbons (Fsp3) is 0.0526. The van der Waals surface area contributed by atoms with Crippen LogP contribution in [0.4, 0.5) is 0 Å². The molecule has 0 saturated heterocycles. The molecular weight excluding hydrogens is 417 g/mol.